The Bertz CT molecular complexity index is 584. The van der Waals surface area contributed by atoms with Gasteiger partial charge in [-0.3, -0.25) is 4.79 Å². The van der Waals surface area contributed by atoms with Crippen molar-refractivity contribution in [3.8, 4) is 5.75 Å². The molecule has 0 radical (unpaired) electrons. The summed E-state index contributed by atoms with van der Waals surface area (Å²) in [6, 6.07) is 7.52. The molecule has 4 nitrogen and oxygen atoms in total. The maximum Gasteiger partial charge on any atom is 0.303 e. The van der Waals surface area contributed by atoms with E-state index in [9.17, 15) is 9.90 Å². The normalized spacial score (nSPS) is 11.3. The average molecular weight is 247 g/mol. The van der Waals surface area contributed by atoms with Gasteiger partial charge in [-0.05, 0) is 32.4 Å². The molecule has 2 aromatic rings. The molecule has 4 heteroatoms. The van der Waals surface area contributed by atoms with Crippen molar-refractivity contribution in [1.82, 2.24) is 4.57 Å². The van der Waals surface area contributed by atoms with Crippen LogP contribution < -0.4 is 0 Å². The largest absolute Gasteiger partial charge is 0.506 e. The maximum absolute atomic E-state index is 10.7. The summed E-state index contributed by atoms with van der Waals surface area (Å²) >= 11 is 0. The van der Waals surface area contributed by atoms with Crippen molar-refractivity contribution in [2.45, 2.75) is 32.7 Å². The second kappa shape index (κ2) is 4.72. The third kappa shape index (κ3) is 2.18. The number of hydrogen-bond acceptors (Lipinski definition) is 2. The fourth-order valence-corrected chi connectivity index (χ4v) is 2.34. The van der Waals surface area contributed by atoms with E-state index in [2.05, 4.69) is 0 Å². The number of para-hydroxylation sites is 1. The smallest absolute Gasteiger partial charge is 0.303 e. The number of carboxylic acid groups (broad SMARTS) is 1. The number of nitrogens with zero attached hydrogens (tertiary/aromatic N) is 1. The number of carbonyl (C=O) groups is 1. The van der Waals surface area contributed by atoms with E-state index in [1.165, 1.54) is 0 Å². The van der Waals surface area contributed by atoms with Gasteiger partial charge in [0.25, 0.3) is 0 Å². The van der Waals surface area contributed by atoms with Crippen molar-refractivity contribution in [2.24, 2.45) is 0 Å². The van der Waals surface area contributed by atoms with Gasteiger partial charge in [0.05, 0.1) is 11.9 Å². The Hall–Kier alpha value is -1.97. The number of fused-ring (bicyclic) bond motifs is 1. The number of phenolic OH excluding ortho intramolecular Hbond substituents is 1. The average Bonchev–Trinajstić information content (AvgIpc) is 2.66. The van der Waals surface area contributed by atoms with Crippen LogP contribution in [0.15, 0.2) is 24.3 Å². The lowest BCUT2D eigenvalue weighted by molar-refractivity contribution is -0.136. The van der Waals surface area contributed by atoms with Gasteiger partial charge < -0.3 is 14.8 Å². The summed E-state index contributed by atoms with van der Waals surface area (Å²) in [5.74, 6) is -0.567. The number of phenols is 1. The molecule has 1 aromatic carbocycles. The maximum atomic E-state index is 10.7. The summed E-state index contributed by atoms with van der Waals surface area (Å²) < 4.78 is 2.01. The van der Waals surface area contributed by atoms with E-state index in [0.717, 1.165) is 16.6 Å². The van der Waals surface area contributed by atoms with Gasteiger partial charge in [-0.2, -0.15) is 0 Å². The van der Waals surface area contributed by atoms with Crippen molar-refractivity contribution in [3.63, 3.8) is 0 Å². The molecule has 0 unspecified atom stereocenters. The Morgan fingerprint density at radius 3 is 2.72 bits per heavy atom. The standard InChI is InChI=1S/C14H17NO3/c1-9(2)15-11(6-7-13(17)18)8-10-4-3-5-12(16)14(10)15/h3-5,8-9,16H,6-7H2,1-2H3,(H,17,18). The molecule has 1 heterocycles. The van der Waals surface area contributed by atoms with Crippen LogP contribution in [0, 0.1) is 0 Å². The quantitative estimate of drug-likeness (QED) is 0.873. The fraction of sp³-hybridized carbons (Fsp3) is 0.357. The minimum Gasteiger partial charge on any atom is -0.506 e. The fourth-order valence-electron chi connectivity index (χ4n) is 2.34. The second-order valence-electron chi connectivity index (χ2n) is 4.71. The first-order chi connectivity index (χ1) is 8.50. The van der Waals surface area contributed by atoms with Crippen LogP contribution in [-0.4, -0.2) is 20.7 Å². The minimum absolute atomic E-state index is 0.101. The molecule has 0 fully saturated rings. The van der Waals surface area contributed by atoms with Gasteiger partial charge in [0.1, 0.15) is 5.75 Å². The van der Waals surface area contributed by atoms with Crippen LogP contribution in [-0.2, 0) is 11.2 Å². The number of benzene rings is 1. The highest BCUT2D eigenvalue weighted by Crippen LogP contribution is 2.31. The van der Waals surface area contributed by atoms with Crippen molar-refractivity contribution >= 4 is 16.9 Å². The van der Waals surface area contributed by atoms with Gasteiger partial charge in [-0.1, -0.05) is 12.1 Å². The van der Waals surface area contributed by atoms with E-state index in [1.54, 1.807) is 12.1 Å². The first kappa shape index (κ1) is 12.5. The van der Waals surface area contributed by atoms with E-state index < -0.39 is 5.97 Å². The van der Waals surface area contributed by atoms with E-state index in [1.807, 2.05) is 30.5 Å². The summed E-state index contributed by atoms with van der Waals surface area (Å²) in [5.41, 5.74) is 1.73. The summed E-state index contributed by atoms with van der Waals surface area (Å²) in [7, 11) is 0. The molecule has 18 heavy (non-hydrogen) atoms. The van der Waals surface area contributed by atoms with Crippen molar-refractivity contribution in [3.05, 3.63) is 30.0 Å². The number of aromatic nitrogens is 1. The molecule has 1 aromatic heterocycles. The van der Waals surface area contributed by atoms with Gasteiger partial charge in [-0.25, -0.2) is 0 Å². The Balaban J connectivity index is 2.55. The SMILES string of the molecule is CC(C)n1c(CCC(=O)O)cc2cccc(O)c21. The van der Waals surface area contributed by atoms with Gasteiger partial charge in [0, 0.05) is 17.1 Å². The Morgan fingerprint density at radius 1 is 1.39 bits per heavy atom. The van der Waals surface area contributed by atoms with Gasteiger partial charge >= 0.3 is 5.97 Å². The van der Waals surface area contributed by atoms with Crippen LogP contribution in [0.3, 0.4) is 0 Å². The molecule has 0 bridgehead atoms. The van der Waals surface area contributed by atoms with E-state index in [4.69, 9.17) is 5.11 Å². The third-order valence-electron chi connectivity index (χ3n) is 3.03. The number of aryl methyl sites for hydroxylation is 1. The van der Waals surface area contributed by atoms with Crippen LogP contribution in [0.2, 0.25) is 0 Å². The molecular weight excluding hydrogens is 230 g/mol. The molecule has 0 aliphatic heterocycles. The van der Waals surface area contributed by atoms with Crippen LogP contribution >= 0.6 is 0 Å². The molecule has 0 amide bonds. The first-order valence-corrected chi connectivity index (χ1v) is 6.04. The third-order valence-corrected chi connectivity index (χ3v) is 3.03. The molecule has 2 rings (SSSR count). The van der Waals surface area contributed by atoms with Crippen LogP contribution in [0.4, 0.5) is 0 Å². The molecule has 96 valence electrons. The zero-order valence-electron chi connectivity index (χ0n) is 10.6. The highest BCUT2D eigenvalue weighted by Gasteiger charge is 2.14. The summed E-state index contributed by atoms with van der Waals surface area (Å²) in [4.78, 5) is 10.7. The number of carboxylic acids is 1. The second-order valence-corrected chi connectivity index (χ2v) is 4.71. The number of aromatic hydroxyl groups is 1. The predicted molar refractivity (Wildman–Crippen MR) is 69.9 cm³/mol. The van der Waals surface area contributed by atoms with Crippen molar-refractivity contribution < 1.29 is 15.0 Å². The molecule has 0 aliphatic rings. The van der Waals surface area contributed by atoms with Gasteiger partial charge in [-0.15, -0.1) is 0 Å². The van der Waals surface area contributed by atoms with E-state index in [0.29, 0.717) is 6.42 Å². The molecule has 0 atom stereocenters. The lowest BCUT2D eigenvalue weighted by Crippen LogP contribution is -2.07. The highest BCUT2D eigenvalue weighted by atomic mass is 16.4. The molecule has 2 N–H and O–H groups in total. The Kier molecular flexibility index (Phi) is 3.28. The Labute approximate surface area is 105 Å². The zero-order valence-corrected chi connectivity index (χ0v) is 10.6. The summed E-state index contributed by atoms with van der Waals surface area (Å²) in [6.07, 6.45) is 0.575. The highest BCUT2D eigenvalue weighted by molar-refractivity contribution is 5.87. The van der Waals surface area contributed by atoms with Gasteiger partial charge in [0.2, 0.25) is 0 Å². The first-order valence-electron chi connectivity index (χ1n) is 6.04. The van der Waals surface area contributed by atoms with Crippen LogP contribution in [0.1, 0.15) is 32.0 Å². The molecular formula is C14H17NO3. The van der Waals surface area contributed by atoms with Crippen molar-refractivity contribution in [1.29, 1.82) is 0 Å². The number of rotatable bonds is 4. The summed E-state index contributed by atoms with van der Waals surface area (Å²) in [6.45, 7) is 4.05. The zero-order chi connectivity index (χ0) is 13.3. The topological polar surface area (TPSA) is 62.5 Å². The van der Waals surface area contributed by atoms with Crippen LogP contribution in [0.25, 0.3) is 10.9 Å². The molecule has 0 saturated carbocycles. The lowest BCUT2D eigenvalue weighted by atomic mass is 10.2. The number of hydrogen-bond donors (Lipinski definition) is 2. The molecule has 0 saturated heterocycles. The molecule has 0 aliphatic carbocycles. The van der Waals surface area contributed by atoms with Crippen molar-refractivity contribution in [2.75, 3.05) is 0 Å². The number of aliphatic carboxylic acids is 1. The lowest BCUT2D eigenvalue weighted by Gasteiger charge is -2.14. The summed E-state index contributed by atoms with van der Waals surface area (Å²) in [5, 5.41) is 19.7. The molecule has 0 spiro atoms. The monoisotopic (exact) mass is 247 g/mol. The van der Waals surface area contributed by atoms with Crippen LogP contribution in [0.5, 0.6) is 5.75 Å². The van der Waals surface area contributed by atoms with E-state index >= 15 is 0 Å². The van der Waals surface area contributed by atoms with Gasteiger partial charge in [0.15, 0.2) is 0 Å². The minimum atomic E-state index is -0.806. The predicted octanol–water partition coefficient (Wildman–Crippen LogP) is 2.95. The van der Waals surface area contributed by atoms with E-state index in [-0.39, 0.29) is 18.2 Å². The Morgan fingerprint density at radius 2 is 2.11 bits per heavy atom.